The molecule has 1 N–H and O–H groups in total. The number of hydrogen-bond acceptors (Lipinski definition) is 5. The molecule has 214 valence electrons. The van der Waals surface area contributed by atoms with Gasteiger partial charge in [-0.15, -0.1) is 0 Å². The van der Waals surface area contributed by atoms with E-state index in [1.54, 1.807) is 55.5 Å². The average Bonchev–Trinajstić information content (AvgIpc) is 2.95. The third kappa shape index (κ3) is 7.59. The van der Waals surface area contributed by atoms with E-state index < -0.39 is 40.2 Å². The monoisotopic (exact) mass is 569 g/mol. The molecule has 2 amide bonds. The second kappa shape index (κ2) is 13.9. The zero-order valence-corrected chi connectivity index (χ0v) is 24.0. The number of amides is 2. The molecule has 0 heterocycles. The fourth-order valence-corrected chi connectivity index (χ4v) is 5.40. The van der Waals surface area contributed by atoms with Crippen LogP contribution in [0, 0.1) is 5.82 Å². The van der Waals surface area contributed by atoms with E-state index in [4.69, 9.17) is 4.74 Å². The summed E-state index contributed by atoms with van der Waals surface area (Å²) in [5.74, 6) is -1.09. The maximum absolute atomic E-state index is 14.6. The van der Waals surface area contributed by atoms with Crippen LogP contribution >= 0.6 is 0 Å². The van der Waals surface area contributed by atoms with Crippen molar-refractivity contribution in [3.8, 4) is 5.75 Å². The van der Waals surface area contributed by atoms with Crippen molar-refractivity contribution in [2.45, 2.75) is 57.6 Å². The van der Waals surface area contributed by atoms with Gasteiger partial charge in [-0.1, -0.05) is 43.3 Å². The van der Waals surface area contributed by atoms with Crippen LogP contribution in [0.3, 0.4) is 0 Å². The van der Waals surface area contributed by atoms with Crippen LogP contribution in [-0.2, 0) is 26.2 Å². The van der Waals surface area contributed by atoms with Crippen molar-refractivity contribution >= 4 is 27.5 Å². The van der Waals surface area contributed by atoms with Gasteiger partial charge in [-0.3, -0.25) is 13.9 Å². The molecule has 8 nitrogen and oxygen atoms in total. The van der Waals surface area contributed by atoms with E-state index in [1.165, 1.54) is 35.2 Å². The minimum absolute atomic E-state index is 0.0316. The van der Waals surface area contributed by atoms with Crippen molar-refractivity contribution < 1.29 is 27.1 Å². The lowest BCUT2D eigenvalue weighted by atomic mass is 10.1. The number of rotatable bonds is 13. The summed E-state index contributed by atoms with van der Waals surface area (Å²) in [4.78, 5) is 28.1. The van der Waals surface area contributed by atoms with E-state index in [0.29, 0.717) is 18.8 Å². The van der Waals surface area contributed by atoms with Crippen LogP contribution in [-0.4, -0.2) is 50.4 Å². The molecule has 3 aromatic rings. The van der Waals surface area contributed by atoms with Crippen molar-refractivity contribution in [2.24, 2.45) is 0 Å². The number of para-hydroxylation sites is 1. The number of nitrogens with one attached hydrogen (secondary N) is 1. The first-order valence-corrected chi connectivity index (χ1v) is 14.7. The van der Waals surface area contributed by atoms with Gasteiger partial charge in [0.25, 0.3) is 10.0 Å². The standard InChI is InChI=1S/C30H36FN3O5S/c1-5-22(3)32-30(36)23(4)33(20-24-12-10-11-15-28(24)31)29(35)21-34(25-13-8-7-9-14-25)40(37,38)27-18-16-26(17-19-27)39-6-2/h7-19,22-23H,5-6,20-21H2,1-4H3,(H,32,36)/t22-,23-/m0/s1. The highest BCUT2D eigenvalue weighted by atomic mass is 32.2. The molecule has 0 bridgehead atoms. The Morgan fingerprint density at radius 1 is 0.925 bits per heavy atom. The van der Waals surface area contributed by atoms with E-state index in [-0.39, 0.29) is 28.7 Å². The van der Waals surface area contributed by atoms with Gasteiger partial charge >= 0.3 is 0 Å². The van der Waals surface area contributed by atoms with E-state index in [9.17, 15) is 22.4 Å². The number of nitrogens with zero attached hydrogens (tertiary/aromatic N) is 2. The lowest BCUT2D eigenvalue weighted by molar-refractivity contribution is -0.139. The van der Waals surface area contributed by atoms with Gasteiger partial charge in [-0.05, 0) is 69.7 Å². The number of ether oxygens (including phenoxy) is 1. The van der Waals surface area contributed by atoms with Crippen LogP contribution in [0.2, 0.25) is 0 Å². The second-order valence-corrected chi connectivity index (χ2v) is 11.2. The number of carbonyl (C=O) groups excluding carboxylic acids is 2. The summed E-state index contributed by atoms with van der Waals surface area (Å²) >= 11 is 0. The summed E-state index contributed by atoms with van der Waals surface area (Å²) in [7, 11) is -4.21. The molecular formula is C30H36FN3O5S. The molecule has 0 radical (unpaired) electrons. The summed E-state index contributed by atoms with van der Waals surface area (Å²) in [5, 5.41) is 2.85. The second-order valence-electron chi connectivity index (χ2n) is 9.36. The molecule has 0 unspecified atom stereocenters. The molecule has 0 aliphatic heterocycles. The van der Waals surface area contributed by atoms with Gasteiger partial charge in [-0.2, -0.15) is 0 Å². The summed E-state index contributed by atoms with van der Waals surface area (Å²) in [6.07, 6.45) is 0.682. The average molecular weight is 570 g/mol. The van der Waals surface area contributed by atoms with Crippen molar-refractivity contribution in [2.75, 3.05) is 17.5 Å². The fraction of sp³-hybridized carbons (Fsp3) is 0.333. The summed E-state index contributed by atoms with van der Waals surface area (Å²) < 4.78 is 48.7. The maximum atomic E-state index is 14.6. The summed E-state index contributed by atoms with van der Waals surface area (Å²) in [6, 6.07) is 19.0. The molecule has 0 spiro atoms. The molecule has 3 rings (SSSR count). The summed E-state index contributed by atoms with van der Waals surface area (Å²) in [5.41, 5.74) is 0.479. The Kier molecular flexibility index (Phi) is 10.7. The molecule has 0 saturated carbocycles. The Bertz CT molecular complexity index is 1380. The maximum Gasteiger partial charge on any atom is 0.264 e. The molecule has 0 saturated heterocycles. The molecule has 0 fully saturated rings. The number of anilines is 1. The number of carbonyl (C=O) groups is 2. The van der Waals surface area contributed by atoms with Crippen molar-refractivity contribution in [3.05, 3.63) is 90.2 Å². The SMILES string of the molecule is CCOc1ccc(S(=O)(=O)N(CC(=O)N(Cc2ccccc2F)[C@@H](C)C(=O)N[C@@H](C)CC)c2ccccc2)cc1. The van der Waals surface area contributed by atoms with Gasteiger partial charge in [0.2, 0.25) is 11.8 Å². The Balaban J connectivity index is 2.00. The van der Waals surface area contributed by atoms with E-state index in [0.717, 1.165) is 4.31 Å². The van der Waals surface area contributed by atoms with Crippen molar-refractivity contribution in [3.63, 3.8) is 0 Å². The van der Waals surface area contributed by atoms with Gasteiger partial charge in [0, 0.05) is 18.2 Å². The third-order valence-electron chi connectivity index (χ3n) is 6.51. The Morgan fingerprint density at radius 2 is 1.55 bits per heavy atom. The van der Waals surface area contributed by atoms with Gasteiger partial charge in [0.15, 0.2) is 0 Å². The van der Waals surface area contributed by atoms with E-state index in [2.05, 4.69) is 5.32 Å². The molecule has 10 heteroatoms. The highest BCUT2D eigenvalue weighted by Gasteiger charge is 2.33. The van der Waals surface area contributed by atoms with E-state index >= 15 is 0 Å². The van der Waals surface area contributed by atoms with Crippen LogP contribution in [0.4, 0.5) is 10.1 Å². The van der Waals surface area contributed by atoms with Gasteiger partial charge in [-0.25, -0.2) is 12.8 Å². The molecule has 3 aromatic carbocycles. The first-order chi connectivity index (χ1) is 19.1. The predicted molar refractivity (Wildman–Crippen MR) is 153 cm³/mol. The first-order valence-electron chi connectivity index (χ1n) is 13.2. The smallest absolute Gasteiger partial charge is 0.264 e. The number of sulfonamides is 1. The molecule has 0 aliphatic carbocycles. The molecule has 2 atom stereocenters. The predicted octanol–water partition coefficient (Wildman–Crippen LogP) is 4.75. The number of halogens is 1. The molecular weight excluding hydrogens is 533 g/mol. The first kappa shape index (κ1) is 30.6. The normalized spacial score (nSPS) is 12.7. The topological polar surface area (TPSA) is 96.0 Å². The zero-order valence-electron chi connectivity index (χ0n) is 23.2. The molecule has 0 aliphatic rings. The Labute approximate surface area is 235 Å². The van der Waals surface area contributed by atoms with Crippen LogP contribution in [0.15, 0.2) is 83.8 Å². The zero-order chi connectivity index (χ0) is 29.3. The number of hydrogen-bond donors (Lipinski definition) is 1. The molecule has 0 aromatic heterocycles. The van der Waals surface area contributed by atoms with Crippen LogP contribution in [0.5, 0.6) is 5.75 Å². The minimum Gasteiger partial charge on any atom is -0.494 e. The van der Waals surface area contributed by atoms with Crippen LogP contribution in [0.1, 0.15) is 39.7 Å². The minimum atomic E-state index is -4.21. The fourth-order valence-electron chi connectivity index (χ4n) is 3.98. The highest BCUT2D eigenvalue weighted by Crippen LogP contribution is 2.26. The highest BCUT2D eigenvalue weighted by molar-refractivity contribution is 7.92. The van der Waals surface area contributed by atoms with Crippen molar-refractivity contribution in [1.82, 2.24) is 10.2 Å². The largest absolute Gasteiger partial charge is 0.494 e. The van der Waals surface area contributed by atoms with Gasteiger partial charge in [0.05, 0.1) is 17.2 Å². The lowest BCUT2D eigenvalue weighted by Gasteiger charge is -2.32. The van der Waals surface area contributed by atoms with Gasteiger partial charge in [0.1, 0.15) is 24.2 Å². The number of benzene rings is 3. The lowest BCUT2D eigenvalue weighted by Crippen LogP contribution is -2.52. The van der Waals surface area contributed by atoms with Gasteiger partial charge < -0.3 is 15.0 Å². The Hall–Kier alpha value is -3.92. The third-order valence-corrected chi connectivity index (χ3v) is 8.30. The summed E-state index contributed by atoms with van der Waals surface area (Å²) in [6.45, 7) is 6.74. The van der Waals surface area contributed by atoms with Crippen LogP contribution < -0.4 is 14.4 Å². The Morgan fingerprint density at radius 3 is 2.15 bits per heavy atom. The molecule has 40 heavy (non-hydrogen) atoms. The van der Waals surface area contributed by atoms with Crippen LogP contribution in [0.25, 0.3) is 0 Å². The van der Waals surface area contributed by atoms with Crippen molar-refractivity contribution in [1.29, 1.82) is 0 Å². The quantitative estimate of drug-likeness (QED) is 0.321. The van der Waals surface area contributed by atoms with E-state index in [1.807, 2.05) is 20.8 Å².